The molecule has 2 N–H and O–H groups in total. The molecule has 2 rings (SSSR count). The van der Waals surface area contributed by atoms with Gasteiger partial charge < -0.3 is 15.1 Å². The molecule has 18 heavy (non-hydrogen) atoms. The van der Waals surface area contributed by atoms with E-state index in [1.54, 1.807) is 6.07 Å². The van der Waals surface area contributed by atoms with Crippen LogP contribution in [0.4, 0.5) is 5.82 Å². The van der Waals surface area contributed by atoms with Gasteiger partial charge in [-0.05, 0) is 37.3 Å². The van der Waals surface area contributed by atoms with E-state index < -0.39 is 5.97 Å². The smallest absolute Gasteiger partial charge is 0.335 e. The van der Waals surface area contributed by atoms with Crippen molar-refractivity contribution in [2.45, 2.75) is 19.3 Å². The lowest BCUT2D eigenvalue weighted by Gasteiger charge is -2.33. The lowest BCUT2D eigenvalue weighted by atomic mass is 9.95. The number of piperidine rings is 1. The molecule has 2 heterocycles. The number of hydrogen-bond donors (Lipinski definition) is 2. The predicted molar refractivity (Wildman–Crippen MR) is 67.8 cm³/mol. The van der Waals surface area contributed by atoms with Crippen LogP contribution in [0.15, 0.2) is 18.3 Å². The predicted octanol–water partition coefficient (Wildman–Crippen LogP) is 1.38. The summed E-state index contributed by atoms with van der Waals surface area (Å²) in [5.74, 6) is 0.263. The monoisotopic (exact) mass is 250 g/mol. The topological polar surface area (TPSA) is 73.7 Å². The Balaban J connectivity index is 2.10. The molecule has 1 aliphatic rings. The van der Waals surface area contributed by atoms with Gasteiger partial charge in [0.15, 0.2) is 0 Å². The second kappa shape index (κ2) is 5.82. The number of pyridine rings is 1. The number of aliphatic hydroxyl groups excluding tert-OH is 1. The summed E-state index contributed by atoms with van der Waals surface area (Å²) >= 11 is 0. The van der Waals surface area contributed by atoms with Gasteiger partial charge in [0.05, 0.1) is 5.56 Å². The van der Waals surface area contributed by atoms with E-state index in [4.69, 9.17) is 10.2 Å². The van der Waals surface area contributed by atoms with Crippen molar-refractivity contribution < 1.29 is 15.0 Å². The zero-order valence-corrected chi connectivity index (χ0v) is 10.2. The summed E-state index contributed by atoms with van der Waals surface area (Å²) in [6.07, 6.45) is 4.52. The van der Waals surface area contributed by atoms with E-state index in [0.717, 1.165) is 38.2 Å². The standard InChI is InChI=1S/C13H18N2O3/c16-7-4-10-2-1-6-15(9-10)12-8-11(13(17)18)3-5-14-12/h3,5,8,10,16H,1-2,4,6-7,9H2,(H,17,18). The van der Waals surface area contributed by atoms with Crippen LogP contribution in [-0.4, -0.2) is 40.9 Å². The number of hydrogen-bond acceptors (Lipinski definition) is 4. The van der Waals surface area contributed by atoms with Crippen molar-refractivity contribution in [2.75, 3.05) is 24.6 Å². The third-order valence-electron chi connectivity index (χ3n) is 3.37. The highest BCUT2D eigenvalue weighted by molar-refractivity contribution is 5.88. The molecule has 5 heteroatoms. The number of nitrogens with zero attached hydrogens (tertiary/aromatic N) is 2. The van der Waals surface area contributed by atoms with Gasteiger partial charge in [0.1, 0.15) is 5.82 Å². The molecule has 0 saturated carbocycles. The van der Waals surface area contributed by atoms with Crippen molar-refractivity contribution in [1.82, 2.24) is 4.98 Å². The van der Waals surface area contributed by atoms with E-state index in [9.17, 15) is 4.79 Å². The molecule has 1 aliphatic heterocycles. The SMILES string of the molecule is O=C(O)c1ccnc(N2CCCC(CCO)C2)c1. The first-order chi connectivity index (χ1) is 8.70. The zero-order chi connectivity index (χ0) is 13.0. The third-order valence-corrected chi connectivity index (χ3v) is 3.37. The van der Waals surface area contributed by atoms with Crippen LogP contribution in [0.2, 0.25) is 0 Å². The van der Waals surface area contributed by atoms with Crippen molar-refractivity contribution in [2.24, 2.45) is 5.92 Å². The van der Waals surface area contributed by atoms with Crippen LogP contribution >= 0.6 is 0 Å². The van der Waals surface area contributed by atoms with Crippen LogP contribution in [0.5, 0.6) is 0 Å². The number of aromatic carboxylic acids is 1. The van der Waals surface area contributed by atoms with Gasteiger partial charge in [0, 0.05) is 25.9 Å². The molecular formula is C13H18N2O3. The lowest BCUT2D eigenvalue weighted by molar-refractivity contribution is 0.0697. The maximum atomic E-state index is 10.9. The van der Waals surface area contributed by atoms with E-state index in [-0.39, 0.29) is 12.2 Å². The fourth-order valence-corrected chi connectivity index (χ4v) is 2.42. The molecule has 1 atom stereocenters. The number of anilines is 1. The molecular weight excluding hydrogens is 232 g/mol. The average molecular weight is 250 g/mol. The van der Waals surface area contributed by atoms with Crippen molar-refractivity contribution >= 4 is 11.8 Å². The normalized spacial score (nSPS) is 19.8. The Bertz CT molecular complexity index is 420. The van der Waals surface area contributed by atoms with Gasteiger partial charge in [-0.2, -0.15) is 0 Å². The van der Waals surface area contributed by atoms with Crippen LogP contribution < -0.4 is 4.90 Å². The number of aromatic nitrogens is 1. The second-order valence-electron chi connectivity index (χ2n) is 4.67. The van der Waals surface area contributed by atoms with Crippen molar-refractivity contribution in [3.8, 4) is 0 Å². The highest BCUT2D eigenvalue weighted by Gasteiger charge is 2.21. The Labute approximate surface area is 106 Å². The molecule has 98 valence electrons. The molecule has 1 aromatic rings. The number of rotatable bonds is 4. The largest absolute Gasteiger partial charge is 0.478 e. The molecule has 0 radical (unpaired) electrons. The summed E-state index contributed by atoms with van der Waals surface area (Å²) in [6.45, 7) is 1.95. The van der Waals surface area contributed by atoms with Gasteiger partial charge in [0.25, 0.3) is 0 Å². The summed E-state index contributed by atoms with van der Waals surface area (Å²) in [5.41, 5.74) is 0.268. The van der Waals surface area contributed by atoms with E-state index in [1.807, 2.05) is 0 Å². The molecule has 0 spiro atoms. The minimum Gasteiger partial charge on any atom is -0.478 e. The quantitative estimate of drug-likeness (QED) is 0.844. The van der Waals surface area contributed by atoms with Crippen molar-refractivity contribution in [3.05, 3.63) is 23.9 Å². The van der Waals surface area contributed by atoms with Gasteiger partial charge in [-0.3, -0.25) is 0 Å². The number of aliphatic hydroxyl groups is 1. The minimum absolute atomic E-state index is 0.209. The minimum atomic E-state index is -0.928. The summed E-state index contributed by atoms with van der Waals surface area (Å²) < 4.78 is 0. The van der Waals surface area contributed by atoms with E-state index in [1.165, 1.54) is 12.3 Å². The third kappa shape index (κ3) is 2.98. The Morgan fingerprint density at radius 1 is 1.56 bits per heavy atom. The Hall–Kier alpha value is -1.62. The molecule has 0 aromatic carbocycles. The Morgan fingerprint density at radius 2 is 2.39 bits per heavy atom. The van der Waals surface area contributed by atoms with Crippen molar-refractivity contribution in [3.63, 3.8) is 0 Å². The van der Waals surface area contributed by atoms with Crippen LogP contribution in [0.25, 0.3) is 0 Å². The van der Waals surface area contributed by atoms with E-state index >= 15 is 0 Å². The number of carboxylic acids is 1. The lowest BCUT2D eigenvalue weighted by Crippen LogP contribution is -2.36. The Morgan fingerprint density at radius 3 is 3.11 bits per heavy atom. The average Bonchev–Trinajstić information content (AvgIpc) is 2.39. The van der Waals surface area contributed by atoms with E-state index in [0.29, 0.717) is 5.92 Å². The summed E-state index contributed by atoms with van der Waals surface area (Å²) in [6, 6.07) is 3.12. The molecule has 0 aliphatic carbocycles. The second-order valence-corrected chi connectivity index (χ2v) is 4.67. The fourth-order valence-electron chi connectivity index (χ4n) is 2.42. The molecule has 0 bridgehead atoms. The Kier molecular flexibility index (Phi) is 4.15. The number of carboxylic acid groups (broad SMARTS) is 1. The van der Waals surface area contributed by atoms with Crippen LogP contribution in [0, 0.1) is 5.92 Å². The number of carbonyl (C=O) groups is 1. The van der Waals surface area contributed by atoms with E-state index in [2.05, 4.69) is 9.88 Å². The summed E-state index contributed by atoms with van der Waals surface area (Å²) in [7, 11) is 0. The first-order valence-corrected chi connectivity index (χ1v) is 6.26. The molecule has 1 fully saturated rings. The molecule has 5 nitrogen and oxygen atoms in total. The van der Waals surface area contributed by atoms with Crippen molar-refractivity contribution in [1.29, 1.82) is 0 Å². The molecule has 1 aromatic heterocycles. The van der Waals surface area contributed by atoms with Gasteiger partial charge in [0.2, 0.25) is 0 Å². The maximum Gasteiger partial charge on any atom is 0.335 e. The van der Waals surface area contributed by atoms with Crippen LogP contribution in [0.1, 0.15) is 29.6 Å². The highest BCUT2D eigenvalue weighted by Crippen LogP contribution is 2.23. The van der Waals surface area contributed by atoms with Crippen LogP contribution in [-0.2, 0) is 0 Å². The molecule has 1 unspecified atom stereocenters. The highest BCUT2D eigenvalue weighted by atomic mass is 16.4. The van der Waals surface area contributed by atoms with Crippen LogP contribution in [0.3, 0.4) is 0 Å². The zero-order valence-electron chi connectivity index (χ0n) is 10.2. The first kappa shape index (κ1) is 12.8. The molecule has 0 amide bonds. The summed E-state index contributed by atoms with van der Waals surface area (Å²) in [5, 5.41) is 17.9. The first-order valence-electron chi connectivity index (χ1n) is 6.26. The van der Waals surface area contributed by atoms with Gasteiger partial charge >= 0.3 is 5.97 Å². The van der Waals surface area contributed by atoms with Gasteiger partial charge in [-0.1, -0.05) is 0 Å². The van der Waals surface area contributed by atoms with Gasteiger partial charge in [-0.15, -0.1) is 0 Å². The molecule has 1 saturated heterocycles. The maximum absolute atomic E-state index is 10.9. The van der Waals surface area contributed by atoms with Gasteiger partial charge in [-0.25, -0.2) is 9.78 Å². The summed E-state index contributed by atoms with van der Waals surface area (Å²) in [4.78, 5) is 17.3. The fraction of sp³-hybridized carbons (Fsp3) is 0.538.